The summed E-state index contributed by atoms with van der Waals surface area (Å²) in [5.74, 6) is 2.15. The van der Waals surface area contributed by atoms with E-state index in [-0.39, 0.29) is 6.04 Å². The first kappa shape index (κ1) is 14.3. The minimum Gasteiger partial charge on any atom is -0.339 e. The van der Waals surface area contributed by atoms with Gasteiger partial charge in [0.05, 0.1) is 6.04 Å². The van der Waals surface area contributed by atoms with Gasteiger partial charge in [-0.25, -0.2) is 0 Å². The lowest BCUT2D eigenvalue weighted by Crippen LogP contribution is -2.55. The van der Waals surface area contributed by atoms with E-state index in [9.17, 15) is 4.79 Å². The predicted octanol–water partition coefficient (Wildman–Crippen LogP) is 1.32. The summed E-state index contributed by atoms with van der Waals surface area (Å²) in [6.07, 6.45) is 6.95. The molecule has 0 aromatic rings. The Bertz CT molecular complexity index is 341. The Morgan fingerprint density at radius 3 is 2.50 bits per heavy atom. The summed E-state index contributed by atoms with van der Waals surface area (Å²) in [5, 5.41) is 3.32. The van der Waals surface area contributed by atoms with Crippen molar-refractivity contribution >= 4 is 5.91 Å². The maximum absolute atomic E-state index is 12.6. The normalized spacial score (nSPS) is 33.5. The SMILES string of the molecule is CC(C(=O)N1CCNCC1)N1CCC2CCCCC2C1. The number of carbonyl (C=O) groups excluding carboxylic acids is 1. The van der Waals surface area contributed by atoms with Gasteiger partial charge in [-0.2, -0.15) is 0 Å². The molecule has 4 heteroatoms. The average molecular weight is 279 g/mol. The Labute approximate surface area is 122 Å². The summed E-state index contributed by atoms with van der Waals surface area (Å²) >= 11 is 0. The first-order valence-electron chi connectivity index (χ1n) is 8.49. The summed E-state index contributed by atoms with van der Waals surface area (Å²) in [7, 11) is 0. The molecule has 3 fully saturated rings. The fraction of sp³-hybridized carbons (Fsp3) is 0.938. The monoisotopic (exact) mass is 279 g/mol. The first-order valence-corrected chi connectivity index (χ1v) is 8.49. The molecule has 2 heterocycles. The number of likely N-dealkylation sites (tertiary alicyclic amines) is 1. The van der Waals surface area contributed by atoms with Gasteiger partial charge >= 0.3 is 0 Å². The van der Waals surface area contributed by atoms with Crippen molar-refractivity contribution in [3.05, 3.63) is 0 Å². The third kappa shape index (κ3) is 3.01. The van der Waals surface area contributed by atoms with Gasteiger partial charge in [0.25, 0.3) is 0 Å². The van der Waals surface area contributed by atoms with Crippen LogP contribution >= 0.6 is 0 Å². The summed E-state index contributed by atoms with van der Waals surface area (Å²) < 4.78 is 0. The zero-order chi connectivity index (χ0) is 13.9. The van der Waals surface area contributed by atoms with Crippen LogP contribution < -0.4 is 5.32 Å². The van der Waals surface area contributed by atoms with Crippen LogP contribution in [0.4, 0.5) is 0 Å². The minimum atomic E-state index is 0.0796. The van der Waals surface area contributed by atoms with E-state index in [1.807, 2.05) is 4.90 Å². The van der Waals surface area contributed by atoms with E-state index in [0.29, 0.717) is 5.91 Å². The number of fused-ring (bicyclic) bond motifs is 1. The van der Waals surface area contributed by atoms with Crippen molar-refractivity contribution in [1.29, 1.82) is 0 Å². The van der Waals surface area contributed by atoms with Crippen LogP contribution in [0.2, 0.25) is 0 Å². The van der Waals surface area contributed by atoms with E-state index in [2.05, 4.69) is 17.1 Å². The number of piperazine rings is 1. The quantitative estimate of drug-likeness (QED) is 0.828. The second-order valence-corrected chi connectivity index (χ2v) is 6.84. The van der Waals surface area contributed by atoms with Gasteiger partial charge < -0.3 is 10.2 Å². The maximum Gasteiger partial charge on any atom is 0.239 e. The molecule has 3 unspecified atom stereocenters. The van der Waals surface area contributed by atoms with E-state index >= 15 is 0 Å². The van der Waals surface area contributed by atoms with Crippen LogP contribution in [0.3, 0.4) is 0 Å². The molecule has 0 spiro atoms. The standard InChI is InChI=1S/C16H29N3O/c1-13(16(20)18-10-7-17-8-11-18)19-9-6-14-4-2-3-5-15(14)12-19/h13-15,17H,2-12H2,1H3. The lowest BCUT2D eigenvalue weighted by atomic mass is 9.75. The van der Waals surface area contributed by atoms with Crippen molar-refractivity contribution in [3.8, 4) is 0 Å². The van der Waals surface area contributed by atoms with Gasteiger partial charge in [0.1, 0.15) is 0 Å². The number of hydrogen-bond acceptors (Lipinski definition) is 3. The fourth-order valence-corrected chi connectivity index (χ4v) is 4.29. The Morgan fingerprint density at radius 2 is 1.75 bits per heavy atom. The number of nitrogens with one attached hydrogen (secondary N) is 1. The topological polar surface area (TPSA) is 35.6 Å². The van der Waals surface area contributed by atoms with Gasteiger partial charge in [-0.15, -0.1) is 0 Å². The molecule has 2 aliphatic heterocycles. The van der Waals surface area contributed by atoms with Crippen LogP contribution in [0.1, 0.15) is 39.0 Å². The molecular formula is C16H29N3O. The zero-order valence-corrected chi connectivity index (χ0v) is 12.8. The lowest BCUT2D eigenvalue weighted by Gasteiger charge is -2.44. The molecule has 3 rings (SSSR count). The number of amides is 1. The van der Waals surface area contributed by atoms with Gasteiger partial charge in [-0.3, -0.25) is 9.69 Å². The Kier molecular flexibility index (Phi) is 4.61. The zero-order valence-electron chi connectivity index (χ0n) is 12.8. The Hall–Kier alpha value is -0.610. The lowest BCUT2D eigenvalue weighted by molar-refractivity contribution is -0.138. The van der Waals surface area contributed by atoms with Crippen LogP contribution in [-0.4, -0.2) is 61.0 Å². The second-order valence-electron chi connectivity index (χ2n) is 6.84. The molecule has 1 aliphatic carbocycles. The molecule has 20 heavy (non-hydrogen) atoms. The molecule has 0 bridgehead atoms. The summed E-state index contributed by atoms with van der Waals surface area (Å²) in [6.45, 7) is 8.05. The molecular weight excluding hydrogens is 250 g/mol. The fourth-order valence-electron chi connectivity index (χ4n) is 4.29. The van der Waals surface area contributed by atoms with Gasteiger partial charge in [-0.1, -0.05) is 19.3 Å². The highest BCUT2D eigenvalue weighted by Gasteiger charge is 2.35. The highest BCUT2D eigenvalue weighted by atomic mass is 16.2. The Morgan fingerprint density at radius 1 is 1.05 bits per heavy atom. The third-order valence-corrected chi connectivity index (χ3v) is 5.66. The van der Waals surface area contributed by atoms with Crippen LogP contribution in [-0.2, 0) is 4.79 Å². The molecule has 2 saturated heterocycles. The molecule has 114 valence electrons. The Balaban J connectivity index is 1.56. The minimum absolute atomic E-state index is 0.0796. The van der Waals surface area contributed by atoms with Crippen molar-refractivity contribution in [2.75, 3.05) is 39.3 Å². The van der Waals surface area contributed by atoms with Crippen LogP contribution in [0.15, 0.2) is 0 Å². The first-order chi connectivity index (χ1) is 9.75. The summed E-state index contributed by atoms with van der Waals surface area (Å²) in [6, 6.07) is 0.0796. The van der Waals surface area contributed by atoms with Crippen molar-refractivity contribution in [2.45, 2.75) is 45.1 Å². The number of carbonyl (C=O) groups is 1. The maximum atomic E-state index is 12.6. The predicted molar refractivity (Wildman–Crippen MR) is 80.5 cm³/mol. The highest BCUT2D eigenvalue weighted by Crippen LogP contribution is 2.36. The molecule has 0 aromatic carbocycles. The second kappa shape index (κ2) is 6.44. The summed E-state index contributed by atoms with van der Waals surface area (Å²) in [5.41, 5.74) is 0. The van der Waals surface area contributed by atoms with Crippen molar-refractivity contribution in [2.24, 2.45) is 11.8 Å². The van der Waals surface area contributed by atoms with Gasteiger partial charge in [-0.05, 0) is 38.1 Å². The van der Waals surface area contributed by atoms with Gasteiger partial charge in [0.15, 0.2) is 0 Å². The molecule has 1 saturated carbocycles. The number of rotatable bonds is 2. The van der Waals surface area contributed by atoms with Crippen molar-refractivity contribution in [1.82, 2.24) is 15.1 Å². The molecule has 1 N–H and O–H groups in total. The van der Waals surface area contributed by atoms with Crippen molar-refractivity contribution in [3.63, 3.8) is 0 Å². The van der Waals surface area contributed by atoms with Gasteiger partial charge in [0, 0.05) is 32.7 Å². The highest BCUT2D eigenvalue weighted by molar-refractivity contribution is 5.81. The van der Waals surface area contributed by atoms with Crippen molar-refractivity contribution < 1.29 is 4.79 Å². The van der Waals surface area contributed by atoms with Gasteiger partial charge in [0.2, 0.25) is 5.91 Å². The molecule has 0 radical (unpaired) electrons. The molecule has 3 atom stereocenters. The van der Waals surface area contributed by atoms with E-state index < -0.39 is 0 Å². The molecule has 0 aromatic heterocycles. The molecule has 3 aliphatic rings. The number of piperidine rings is 1. The largest absolute Gasteiger partial charge is 0.339 e. The van der Waals surface area contributed by atoms with Crippen LogP contribution in [0, 0.1) is 11.8 Å². The van der Waals surface area contributed by atoms with Crippen LogP contribution in [0.25, 0.3) is 0 Å². The summed E-state index contributed by atoms with van der Waals surface area (Å²) in [4.78, 5) is 17.1. The van der Waals surface area contributed by atoms with E-state index in [4.69, 9.17) is 0 Å². The number of nitrogens with zero attached hydrogens (tertiary/aromatic N) is 2. The number of hydrogen-bond donors (Lipinski definition) is 1. The third-order valence-electron chi connectivity index (χ3n) is 5.66. The van der Waals surface area contributed by atoms with E-state index in [1.54, 1.807) is 0 Å². The molecule has 1 amide bonds. The smallest absolute Gasteiger partial charge is 0.239 e. The van der Waals surface area contributed by atoms with Crippen LogP contribution in [0.5, 0.6) is 0 Å². The average Bonchev–Trinajstić information content (AvgIpc) is 2.54. The molecule has 4 nitrogen and oxygen atoms in total. The van der Waals surface area contributed by atoms with E-state index in [1.165, 1.54) is 32.1 Å². The van der Waals surface area contributed by atoms with E-state index in [0.717, 1.165) is 51.1 Å².